The molecule has 0 radical (unpaired) electrons. The molecule has 2 heterocycles. The van der Waals surface area contributed by atoms with E-state index in [1.807, 2.05) is 36.4 Å². The van der Waals surface area contributed by atoms with E-state index in [0.717, 1.165) is 51.5 Å². The summed E-state index contributed by atoms with van der Waals surface area (Å²) in [7, 11) is 0. The van der Waals surface area contributed by atoms with Gasteiger partial charge in [-0.1, -0.05) is 28.1 Å². The van der Waals surface area contributed by atoms with Crippen LogP contribution >= 0.6 is 59.6 Å². The van der Waals surface area contributed by atoms with Crippen LogP contribution in [0.5, 0.6) is 5.75 Å². The molecule has 0 bridgehead atoms. The summed E-state index contributed by atoms with van der Waals surface area (Å²) in [6.45, 7) is 1.55. The van der Waals surface area contributed by atoms with E-state index in [1.165, 1.54) is 0 Å². The fourth-order valence-electron chi connectivity index (χ4n) is 3.70. The molecule has 2 aromatic carbocycles. The van der Waals surface area contributed by atoms with E-state index in [0.29, 0.717) is 39.3 Å². The number of piperidine rings is 1. The van der Waals surface area contributed by atoms with Crippen LogP contribution in [0.1, 0.15) is 30.4 Å². The van der Waals surface area contributed by atoms with Gasteiger partial charge < -0.3 is 9.64 Å². The number of benzene rings is 2. The van der Waals surface area contributed by atoms with Crippen LogP contribution in [0.25, 0.3) is 6.08 Å². The molecule has 0 saturated carbocycles. The SMILES string of the molecule is O=C(CN1C(=O)S/C(=C\c2cc(Br)c(OCc3ccc(Br)cc3)c(Br)c2)C1=O)N1CCCCC1. The lowest BCUT2D eigenvalue weighted by atomic mass is 10.1. The maximum absolute atomic E-state index is 12.9. The van der Waals surface area contributed by atoms with E-state index >= 15 is 0 Å². The van der Waals surface area contributed by atoms with Crippen LogP contribution < -0.4 is 4.74 Å². The summed E-state index contributed by atoms with van der Waals surface area (Å²) in [6.07, 6.45) is 4.68. The molecule has 2 aliphatic heterocycles. The maximum Gasteiger partial charge on any atom is 0.294 e. The number of thioether (sulfide) groups is 1. The summed E-state index contributed by atoms with van der Waals surface area (Å²) < 4.78 is 8.40. The van der Waals surface area contributed by atoms with Gasteiger partial charge in [0.05, 0.1) is 13.9 Å². The molecule has 2 aromatic rings. The standard InChI is InChI=1S/C24H21Br3N2O4S/c25-17-6-4-15(5-7-17)14-33-22-18(26)10-16(11-19(22)27)12-20-23(31)29(24(32)34-20)13-21(30)28-8-2-1-3-9-28/h4-7,10-12H,1-3,8-9,13-14H2/b20-12-. The Morgan fingerprint density at radius 1 is 1.00 bits per heavy atom. The molecule has 2 fully saturated rings. The summed E-state index contributed by atoms with van der Waals surface area (Å²) in [5.41, 5.74) is 1.75. The Balaban J connectivity index is 1.44. The average Bonchev–Trinajstić information content (AvgIpc) is 3.07. The fourth-order valence-corrected chi connectivity index (χ4v) is 6.26. The van der Waals surface area contributed by atoms with Crippen molar-refractivity contribution < 1.29 is 19.1 Å². The molecular formula is C24H21Br3N2O4S. The van der Waals surface area contributed by atoms with Crippen molar-refractivity contribution in [1.82, 2.24) is 9.80 Å². The Morgan fingerprint density at radius 3 is 2.29 bits per heavy atom. The van der Waals surface area contributed by atoms with E-state index in [4.69, 9.17) is 4.74 Å². The number of carbonyl (C=O) groups excluding carboxylic acids is 3. The van der Waals surface area contributed by atoms with Gasteiger partial charge >= 0.3 is 0 Å². The number of imide groups is 1. The zero-order chi connectivity index (χ0) is 24.2. The van der Waals surface area contributed by atoms with Gasteiger partial charge in [0, 0.05) is 17.6 Å². The average molecular weight is 673 g/mol. The van der Waals surface area contributed by atoms with Crippen LogP contribution in [0.3, 0.4) is 0 Å². The highest BCUT2D eigenvalue weighted by molar-refractivity contribution is 9.11. The minimum atomic E-state index is -0.442. The molecule has 10 heteroatoms. The van der Waals surface area contributed by atoms with Crippen LogP contribution in [-0.2, 0) is 16.2 Å². The first-order valence-corrected chi connectivity index (χ1v) is 13.9. The van der Waals surface area contributed by atoms with Crippen LogP contribution in [0.2, 0.25) is 0 Å². The first-order chi connectivity index (χ1) is 16.3. The summed E-state index contributed by atoms with van der Waals surface area (Å²) >= 11 is 11.3. The number of hydrogen-bond donors (Lipinski definition) is 0. The molecule has 0 unspecified atom stereocenters. The third kappa shape index (κ3) is 6.13. The van der Waals surface area contributed by atoms with E-state index in [9.17, 15) is 14.4 Å². The number of nitrogens with zero attached hydrogens (tertiary/aromatic N) is 2. The van der Waals surface area contributed by atoms with Crippen molar-refractivity contribution in [2.45, 2.75) is 25.9 Å². The van der Waals surface area contributed by atoms with Gasteiger partial charge in [0.1, 0.15) is 18.9 Å². The van der Waals surface area contributed by atoms with Crippen molar-refractivity contribution >= 4 is 82.7 Å². The van der Waals surface area contributed by atoms with Gasteiger partial charge in [-0.25, -0.2) is 0 Å². The van der Waals surface area contributed by atoms with Gasteiger partial charge in [-0.2, -0.15) is 0 Å². The quantitative estimate of drug-likeness (QED) is 0.324. The molecule has 178 valence electrons. The Labute approximate surface area is 227 Å². The van der Waals surface area contributed by atoms with Crippen molar-refractivity contribution in [1.29, 1.82) is 0 Å². The van der Waals surface area contributed by atoms with Crippen molar-refractivity contribution in [2.75, 3.05) is 19.6 Å². The predicted molar refractivity (Wildman–Crippen MR) is 143 cm³/mol. The van der Waals surface area contributed by atoms with Crippen molar-refractivity contribution in [3.63, 3.8) is 0 Å². The van der Waals surface area contributed by atoms with Crippen molar-refractivity contribution in [3.8, 4) is 5.75 Å². The summed E-state index contributed by atoms with van der Waals surface area (Å²) in [5, 5.41) is -0.422. The number of carbonyl (C=O) groups is 3. The molecular weight excluding hydrogens is 652 g/mol. The van der Waals surface area contributed by atoms with E-state index < -0.39 is 11.1 Å². The van der Waals surface area contributed by atoms with Crippen molar-refractivity contribution in [3.05, 3.63) is 65.8 Å². The Morgan fingerprint density at radius 2 is 1.65 bits per heavy atom. The molecule has 0 N–H and O–H groups in total. The molecule has 6 nitrogen and oxygen atoms in total. The monoisotopic (exact) mass is 670 g/mol. The number of halogens is 3. The Hall–Kier alpha value is -1.62. The molecule has 4 rings (SSSR count). The Kier molecular flexibility index (Phi) is 8.55. The number of likely N-dealkylation sites (tertiary alicyclic amines) is 1. The topological polar surface area (TPSA) is 66.9 Å². The lowest BCUT2D eigenvalue weighted by molar-refractivity contribution is -0.136. The molecule has 0 atom stereocenters. The van der Waals surface area contributed by atoms with Crippen LogP contribution in [0.4, 0.5) is 4.79 Å². The zero-order valence-corrected chi connectivity index (χ0v) is 23.6. The van der Waals surface area contributed by atoms with Gasteiger partial charge in [0.15, 0.2) is 0 Å². The van der Waals surface area contributed by atoms with Gasteiger partial charge in [-0.15, -0.1) is 0 Å². The second-order valence-electron chi connectivity index (χ2n) is 7.94. The number of ether oxygens (including phenoxy) is 1. The number of hydrogen-bond acceptors (Lipinski definition) is 5. The highest BCUT2D eigenvalue weighted by Crippen LogP contribution is 2.38. The molecule has 34 heavy (non-hydrogen) atoms. The smallest absolute Gasteiger partial charge is 0.294 e. The van der Waals surface area contributed by atoms with Crippen molar-refractivity contribution in [2.24, 2.45) is 0 Å². The third-order valence-electron chi connectivity index (χ3n) is 5.49. The lowest BCUT2D eigenvalue weighted by Gasteiger charge is -2.27. The highest BCUT2D eigenvalue weighted by Gasteiger charge is 2.37. The second kappa shape index (κ2) is 11.4. The van der Waals surface area contributed by atoms with Gasteiger partial charge in [-0.3, -0.25) is 19.3 Å². The van der Waals surface area contributed by atoms with Gasteiger partial charge in [0.25, 0.3) is 11.1 Å². The molecule has 2 saturated heterocycles. The fraction of sp³-hybridized carbons (Fsp3) is 0.292. The minimum absolute atomic E-state index is 0.180. The van der Waals surface area contributed by atoms with Crippen LogP contribution in [0, 0.1) is 0 Å². The molecule has 2 aliphatic rings. The molecule has 0 aliphatic carbocycles. The maximum atomic E-state index is 12.9. The summed E-state index contributed by atoms with van der Waals surface area (Å²) in [6, 6.07) is 11.5. The largest absolute Gasteiger partial charge is 0.487 e. The zero-order valence-electron chi connectivity index (χ0n) is 18.1. The van der Waals surface area contributed by atoms with E-state index in [2.05, 4.69) is 47.8 Å². The number of amides is 3. The van der Waals surface area contributed by atoms with Crippen LogP contribution in [0.15, 0.2) is 54.7 Å². The Bertz CT molecular complexity index is 1120. The second-order valence-corrected chi connectivity index (χ2v) is 11.6. The number of rotatable bonds is 6. The third-order valence-corrected chi connectivity index (χ3v) is 8.10. The summed E-state index contributed by atoms with van der Waals surface area (Å²) in [5.74, 6) is 0.0180. The summed E-state index contributed by atoms with van der Waals surface area (Å²) in [4.78, 5) is 40.9. The van der Waals surface area contributed by atoms with Gasteiger partial charge in [0.2, 0.25) is 5.91 Å². The first-order valence-electron chi connectivity index (χ1n) is 10.7. The molecule has 0 spiro atoms. The lowest BCUT2D eigenvalue weighted by Crippen LogP contribution is -2.44. The predicted octanol–water partition coefficient (Wildman–Crippen LogP) is 6.60. The van der Waals surface area contributed by atoms with Crippen LogP contribution in [-0.4, -0.2) is 46.5 Å². The van der Waals surface area contributed by atoms with E-state index in [-0.39, 0.29) is 12.5 Å². The van der Waals surface area contributed by atoms with E-state index in [1.54, 1.807) is 11.0 Å². The normalized spacial score (nSPS) is 17.6. The van der Waals surface area contributed by atoms with Gasteiger partial charge in [-0.05, 0) is 104 Å². The first kappa shape index (κ1) is 25.5. The molecule has 3 amide bonds. The highest BCUT2D eigenvalue weighted by atomic mass is 79.9. The minimum Gasteiger partial charge on any atom is -0.487 e. The molecule has 0 aromatic heterocycles.